The Morgan fingerprint density at radius 1 is 0.970 bits per heavy atom. The summed E-state index contributed by atoms with van der Waals surface area (Å²) in [6.07, 6.45) is 1.55. The fourth-order valence-electron chi connectivity index (χ4n) is 3.25. The van der Waals surface area contributed by atoms with Gasteiger partial charge in [0.05, 0.1) is 24.3 Å². The molecule has 2 aromatic carbocycles. The Morgan fingerprint density at radius 2 is 1.70 bits per heavy atom. The molecule has 0 saturated carbocycles. The predicted molar refractivity (Wildman–Crippen MR) is 120 cm³/mol. The quantitative estimate of drug-likeness (QED) is 0.326. The first-order chi connectivity index (χ1) is 16.0. The molecular weight excluding hydrogens is 426 g/mol. The van der Waals surface area contributed by atoms with Gasteiger partial charge in [0.2, 0.25) is 5.91 Å². The van der Waals surface area contributed by atoms with Crippen LogP contribution in [-0.4, -0.2) is 53.3 Å². The van der Waals surface area contributed by atoms with Crippen molar-refractivity contribution in [2.45, 2.75) is 13.1 Å². The lowest BCUT2D eigenvalue weighted by Crippen LogP contribution is -2.43. The van der Waals surface area contributed by atoms with Crippen molar-refractivity contribution in [1.29, 1.82) is 0 Å². The summed E-state index contributed by atoms with van der Waals surface area (Å²) in [6, 6.07) is 18.4. The van der Waals surface area contributed by atoms with Crippen molar-refractivity contribution in [3.63, 3.8) is 0 Å². The van der Waals surface area contributed by atoms with E-state index in [1.54, 1.807) is 23.3 Å². The second kappa shape index (κ2) is 11.6. The molecule has 2 amide bonds. The molecule has 0 aliphatic carbocycles. The Bertz CT molecular complexity index is 1050. The first-order valence-corrected chi connectivity index (χ1v) is 10.3. The van der Waals surface area contributed by atoms with E-state index in [0.717, 1.165) is 5.56 Å². The Balaban J connectivity index is 1.78. The van der Waals surface area contributed by atoms with Crippen LogP contribution < -0.4 is 0 Å². The van der Waals surface area contributed by atoms with E-state index in [4.69, 9.17) is 9.15 Å². The standard InChI is InChI=1S/C24H25N3O6/c1-32-15-13-25(24(29)20-9-11-21(12-10-20)27(30)31)18-23(28)26(17-22-8-5-14-33-22)16-19-6-3-2-4-7-19/h2-12,14H,13,15-18H2,1H3. The number of non-ortho nitro benzene ring substituents is 1. The van der Waals surface area contributed by atoms with Gasteiger partial charge in [0, 0.05) is 37.9 Å². The molecule has 3 aromatic rings. The number of nitrogens with zero attached hydrogens (tertiary/aromatic N) is 3. The molecular formula is C24H25N3O6. The zero-order chi connectivity index (χ0) is 23.6. The average Bonchev–Trinajstić information content (AvgIpc) is 3.34. The Kier molecular flexibility index (Phi) is 8.31. The Hall–Kier alpha value is -3.98. The fraction of sp³-hybridized carbons (Fsp3) is 0.250. The molecule has 0 N–H and O–H groups in total. The van der Waals surface area contributed by atoms with E-state index in [1.807, 2.05) is 30.3 Å². The third kappa shape index (κ3) is 6.75. The minimum Gasteiger partial charge on any atom is -0.467 e. The van der Waals surface area contributed by atoms with Crippen LogP contribution in [0.5, 0.6) is 0 Å². The van der Waals surface area contributed by atoms with Gasteiger partial charge in [-0.15, -0.1) is 0 Å². The number of rotatable bonds is 11. The van der Waals surface area contributed by atoms with Crippen molar-refractivity contribution in [2.75, 3.05) is 26.8 Å². The molecule has 0 spiro atoms. The monoisotopic (exact) mass is 451 g/mol. The molecule has 3 rings (SSSR count). The van der Waals surface area contributed by atoms with Crippen LogP contribution in [0.25, 0.3) is 0 Å². The lowest BCUT2D eigenvalue weighted by molar-refractivity contribution is -0.384. The van der Waals surface area contributed by atoms with Gasteiger partial charge in [0.1, 0.15) is 12.3 Å². The van der Waals surface area contributed by atoms with E-state index in [9.17, 15) is 19.7 Å². The van der Waals surface area contributed by atoms with Crippen molar-refractivity contribution >= 4 is 17.5 Å². The van der Waals surface area contributed by atoms with Crippen LogP contribution in [0.15, 0.2) is 77.4 Å². The third-order valence-corrected chi connectivity index (χ3v) is 5.00. The topological polar surface area (TPSA) is 106 Å². The minimum atomic E-state index is -0.531. The maximum absolute atomic E-state index is 13.3. The number of carbonyl (C=O) groups excluding carboxylic acids is 2. The molecule has 0 radical (unpaired) electrons. The van der Waals surface area contributed by atoms with E-state index in [-0.39, 0.29) is 43.4 Å². The van der Waals surface area contributed by atoms with Crippen LogP contribution in [0, 0.1) is 10.1 Å². The maximum Gasteiger partial charge on any atom is 0.269 e. The lowest BCUT2D eigenvalue weighted by Gasteiger charge is -2.27. The molecule has 0 fully saturated rings. The molecule has 0 aliphatic heterocycles. The highest BCUT2D eigenvalue weighted by Crippen LogP contribution is 2.15. The number of carbonyl (C=O) groups is 2. The summed E-state index contributed by atoms with van der Waals surface area (Å²) in [7, 11) is 1.51. The minimum absolute atomic E-state index is 0.112. The molecule has 33 heavy (non-hydrogen) atoms. The average molecular weight is 451 g/mol. The Labute approximate surface area is 191 Å². The number of benzene rings is 2. The van der Waals surface area contributed by atoms with Crippen LogP contribution in [0.1, 0.15) is 21.7 Å². The van der Waals surface area contributed by atoms with Crippen molar-refractivity contribution in [3.8, 4) is 0 Å². The van der Waals surface area contributed by atoms with Gasteiger partial charge in [-0.1, -0.05) is 30.3 Å². The molecule has 0 unspecified atom stereocenters. The van der Waals surface area contributed by atoms with Crippen molar-refractivity contribution < 1.29 is 23.7 Å². The summed E-state index contributed by atoms with van der Waals surface area (Å²) in [5.41, 5.74) is 1.09. The van der Waals surface area contributed by atoms with Gasteiger partial charge in [-0.2, -0.15) is 0 Å². The molecule has 1 heterocycles. The zero-order valence-electron chi connectivity index (χ0n) is 18.3. The SMILES string of the molecule is COCCN(CC(=O)N(Cc1ccccc1)Cc1ccco1)C(=O)c1ccc([N+](=O)[O-])cc1. The van der Waals surface area contributed by atoms with Crippen LogP contribution in [0.4, 0.5) is 5.69 Å². The first-order valence-electron chi connectivity index (χ1n) is 10.3. The van der Waals surface area contributed by atoms with Gasteiger partial charge in [-0.05, 0) is 29.8 Å². The maximum atomic E-state index is 13.3. The molecule has 0 saturated heterocycles. The van der Waals surface area contributed by atoms with Crippen molar-refractivity contribution in [2.24, 2.45) is 0 Å². The van der Waals surface area contributed by atoms with Crippen molar-refractivity contribution in [1.82, 2.24) is 9.80 Å². The number of furan rings is 1. The second-order valence-electron chi connectivity index (χ2n) is 7.34. The second-order valence-corrected chi connectivity index (χ2v) is 7.34. The summed E-state index contributed by atoms with van der Waals surface area (Å²) in [5.74, 6) is -0.0426. The van der Waals surface area contributed by atoms with E-state index in [1.165, 1.54) is 36.3 Å². The van der Waals surface area contributed by atoms with Gasteiger partial charge < -0.3 is 19.0 Å². The molecule has 1 aromatic heterocycles. The fourth-order valence-corrected chi connectivity index (χ4v) is 3.25. The molecule has 9 nitrogen and oxygen atoms in total. The Morgan fingerprint density at radius 3 is 2.30 bits per heavy atom. The number of nitro groups is 1. The molecule has 0 atom stereocenters. The number of hydrogen-bond donors (Lipinski definition) is 0. The largest absolute Gasteiger partial charge is 0.467 e. The number of hydrogen-bond acceptors (Lipinski definition) is 6. The lowest BCUT2D eigenvalue weighted by atomic mass is 10.1. The van der Waals surface area contributed by atoms with Crippen LogP contribution in [-0.2, 0) is 22.6 Å². The highest BCUT2D eigenvalue weighted by molar-refractivity contribution is 5.96. The van der Waals surface area contributed by atoms with Gasteiger partial charge in [-0.3, -0.25) is 19.7 Å². The molecule has 172 valence electrons. The van der Waals surface area contributed by atoms with E-state index in [2.05, 4.69) is 0 Å². The number of methoxy groups -OCH3 is 1. The molecule has 0 aliphatic rings. The van der Waals surface area contributed by atoms with Gasteiger partial charge in [-0.25, -0.2) is 0 Å². The van der Waals surface area contributed by atoms with Crippen molar-refractivity contribution in [3.05, 3.63) is 100.0 Å². The normalized spacial score (nSPS) is 10.6. The van der Waals surface area contributed by atoms with E-state index < -0.39 is 10.8 Å². The summed E-state index contributed by atoms with van der Waals surface area (Å²) >= 11 is 0. The first kappa shape index (κ1) is 23.7. The smallest absolute Gasteiger partial charge is 0.269 e. The number of nitro benzene ring substituents is 1. The summed E-state index contributed by atoms with van der Waals surface area (Å²) in [5, 5.41) is 10.9. The van der Waals surface area contributed by atoms with Crippen LogP contribution in [0.3, 0.4) is 0 Å². The van der Waals surface area contributed by atoms with Crippen LogP contribution in [0.2, 0.25) is 0 Å². The van der Waals surface area contributed by atoms with E-state index >= 15 is 0 Å². The summed E-state index contributed by atoms with van der Waals surface area (Å²) in [4.78, 5) is 39.7. The molecule has 0 bridgehead atoms. The van der Waals surface area contributed by atoms with Crippen LogP contribution >= 0.6 is 0 Å². The zero-order valence-corrected chi connectivity index (χ0v) is 18.3. The summed E-state index contributed by atoms with van der Waals surface area (Å²) in [6.45, 7) is 0.863. The predicted octanol–water partition coefficient (Wildman–Crippen LogP) is 3.51. The highest BCUT2D eigenvalue weighted by Gasteiger charge is 2.23. The highest BCUT2D eigenvalue weighted by atomic mass is 16.6. The van der Waals surface area contributed by atoms with Gasteiger partial charge >= 0.3 is 0 Å². The number of ether oxygens (including phenoxy) is 1. The number of amides is 2. The molecule has 9 heteroatoms. The third-order valence-electron chi connectivity index (χ3n) is 5.00. The van der Waals surface area contributed by atoms with E-state index in [0.29, 0.717) is 12.3 Å². The summed E-state index contributed by atoms with van der Waals surface area (Å²) < 4.78 is 10.5. The van der Waals surface area contributed by atoms with Gasteiger partial charge in [0.15, 0.2) is 0 Å². The van der Waals surface area contributed by atoms with Gasteiger partial charge in [0.25, 0.3) is 11.6 Å².